The van der Waals surface area contributed by atoms with Crippen molar-refractivity contribution in [3.63, 3.8) is 0 Å². The topological polar surface area (TPSA) is 102 Å². The van der Waals surface area contributed by atoms with Crippen LogP contribution in [0.15, 0.2) is 42.5 Å². The maximum atomic E-state index is 13.3. The van der Waals surface area contributed by atoms with Gasteiger partial charge in [0.2, 0.25) is 11.7 Å². The number of amides is 2. The van der Waals surface area contributed by atoms with E-state index in [0.29, 0.717) is 24.3 Å². The lowest BCUT2D eigenvalue weighted by Gasteiger charge is -2.16. The van der Waals surface area contributed by atoms with Crippen LogP contribution in [-0.2, 0) is 9.59 Å². The summed E-state index contributed by atoms with van der Waals surface area (Å²) < 4.78 is 18.4. The van der Waals surface area contributed by atoms with Gasteiger partial charge in [0.05, 0.1) is 4.92 Å². The minimum Gasteiger partial charge on any atom is -0.477 e. The Hall–Kier alpha value is -3.49. The van der Waals surface area contributed by atoms with Gasteiger partial charge < -0.3 is 15.0 Å². The number of benzene rings is 2. The number of nitrogens with zero attached hydrogens (tertiary/aromatic N) is 2. The molecule has 0 aliphatic carbocycles. The quantitative estimate of drug-likeness (QED) is 0.620. The number of ether oxygens (including phenoxy) is 1. The van der Waals surface area contributed by atoms with Crippen LogP contribution in [-0.4, -0.2) is 29.9 Å². The van der Waals surface area contributed by atoms with E-state index in [4.69, 9.17) is 4.74 Å². The van der Waals surface area contributed by atoms with Crippen LogP contribution in [0.2, 0.25) is 0 Å². The molecule has 1 heterocycles. The van der Waals surface area contributed by atoms with Crippen LogP contribution in [0.4, 0.5) is 21.5 Å². The minimum atomic E-state index is -0.719. The van der Waals surface area contributed by atoms with Crippen molar-refractivity contribution in [2.75, 3.05) is 23.4 Å². The molecule has 0 atom stereocenters. The molecule has 0 saturated carbocycles. The molecule has 1 fully saturated rings. The molecular formula is C18H16FN3O5. The van der Waals surface area contributed by atoms with Gasteiger partial charge in [-0.05, 0) is 30.7 Å². The Morgan fingerprint density at radius 3 is 2.81 bits per heavy atom. The second kappa shape index (κ2) is 7.81. The molecule has 3 rings (SSSR count). The van der Waals surface area contributed by atoms with Gasteiger partial charge in [-0.1, -0.05) is 6.07 Å². The molecule has 1 aliphatic rings. The van der Waals surface area contributed by atoms with E-state index in [1.54, 1.807) is 29.2 Å². The smallest absolute Gasteiger partial charge is 0.311 e. The number of carbonyl (C=O) groups excluding carboxylic acids is 2. The summed E-state index contributed by atoms with van der Waals surface area (Å²) in [6.07, 6.45) is 1.28. The zero-order chi connectivity index (χ0) is 19.4. The van der Waals surface area contributed by atoms with E-state index >= 15 is 0 Å². The number of rotatable bonds is 6. The SMILES string of the molecule is O=C(COc1cc(F)ccc1[N+](=O)[O-])Nc1cccc(N2CCCC2=O)c1. The Bertz CT molecular complexity index is 902. The molecule has 9 heteroatoms. The Labute approximate surface area is 153 Å². The van der Waals surface area contributed by atoms with Gasteiger partial charge in [-0.15, -0.1) is 0 Å². The molecular weight excluding hydrogens is 357 g/mol. The fourth-order valence-corrected chi connectivity index (χ4v) is 2.77. The molecule has 8 nitrogen and oxygen atoms in total. The normalized spacial score (nSPS) is 13.5. The molecule has 0 bridgehead atoms. The predicted octanol–water partition coefficient (Wildman–Crippen LogP) is 2.88. The number of carbonyl (C=O) groups is 2. The summed E-state index contributed by atoms with van der Waals surface area (Å²) in [5, 5.41) is 13.5. The van der Waals surface area contributed by atoms with E-state index in [9.17, 15) is 24.1 Å². The molecule has 2 amide bonds. The van der Waals surface area contributed by atoms with Gasteiger partial charge >= 0.3 is 5.69 Å². The van der Waals surface area contributed by atoms with Crippen molar-refractivity contribution in [3.8, 4) is 5.75 Å². The van der Waals surface area contributed by atoms with Crippen LogP contribution in [0.5, 0.6) is 5.75 Å². The van der Waals surface area contributed by atoms with E-state index in [1.807, 2.05) is 0 Å². The van der Waals surface area contributed by atoms with Crippen molar-refractivity contribution < 1.29 is 23.6 Å². The Morgan fingerprint density at radius 2 is 2.11 bits per heavy atom. The molecule has 27 heavy (non-hydrogen) atoms. The summed E-state index contributed by atoms with van der Waals surface area (Å²) in [4.78, 5) is 35.7. The fraction of sp³-hybridized carbons (Fsp3) is 0.222. The monoisotopic (exact) mass is 373 g/mol. The van der Waals surface area contributed by atoms with Gasteiger partial charge in [-0.2, -0.15) is 0 Å². The van der Waals surface area contributed by atoms with Crippen molar-refractivity contribution in [1.29, 1.82) is 0 Å². The maximum Gasteiger partial charge on any atom is 0.311 e. The van der Waals surface area contributed by atoms with Crippen molar-refractivity contribution in [2.45, 2.75) is 12.8 Å². The first kappa shape index (κ1) is 18.3. The average Bonchev–Trinajstić information content (AvgIpc) is 3.06. The van der Waals surface area contributed by atoms with Crippen molar-refractivity contribution in [3.05, 3.63) is 58.4 Å². The summed E-state index contributed by atoms with van der Waals surface area (Å²) >= 11 is 0. The van der Waals surface area contributed by atoms with Crippen LogP contribution >= 0.6 is 0 Å². The second-order valence-electron chi connectivity index (χ2n) is 5.91. The van der Waals surface area contributed by atoms with E-state index in [0.717, 1.165) is 24.6 Å². The summed E-state index contributed by atoms with van der Waals surface area (Å²) in [7, 11) is 0. The molecule has 2 aromatic rings. The lowest BCUT2D eigenvalue weighted by atomic mass is 10.2. The number of anilines is 2. The number of halogens is 1. The molecule has 0 spiro atoms. The molecule has 0 aromatic heterocycles. The summed E-state index contributed by atoms with van der Waals surface area (Å²) in [6, 6.07) is 9.54. The van der Waals surface area contributed by atoms with Gasteiger partial charge in [-0.3, -0.25) is 19.7 Å². The third kappa shape index (κ3) is 4.38. The number of hydrogen-bond donors (Lipinski definition) is 1. The number of nitro benzene ring substituents is 1. The second-order valence-corrected chi connectivity index (χ2v) is 5.91. The molecule has 2 aromatic carbocycles. The van der Waals surface area contributed by atoms with Crippen LogP contribution in [0.3, 0.4) is 0 Å². The van der Waals surface area contributed by atoms with Gasteiger partial charge in [0.25, 0.3) is 5.91 Å². The lowest BCUT2D eigenvalue weighted by molar-refractivity contribution is -0.385. The Kier molecular flexibility index (Phi) is 5.30. The van der Waals surface area contributed by atoms with Crippen molar-refractivity contribution in [2.24, 2.45) is 0 Å². The van der Waals surface area contributed by atoms with Crippen LogP contribution in [0.1, 0.15) is 12.8 Å². The zero-order valence-corrected chi connectivity index (χ0v) is 14.2. The first-order valence-electron chi connectivity index (χ1n) is 8.21. The molecule has 1 N–H and O–H groups in total. The highest BCUT2D eigenvalue weighted by Crippen LogP contribution is 2.28. The van der Waals surface area contributed by atoms with E-state index in [1.165, 1.54) is 0 Å². The van der Waals surface area contributed by atoms with E-state index in [-0.39, 0.29) is 11.7 Å². The highest BCUT2D eigenvalue weighted by molar-refractivity contribution is 5.97. The van der Waals surface area contributed by atoms with Crippen LogP contribution in [0.25, 0.3) is 0 Å². The first-order chi connectivity index (χ1) is 12.9. The van der Waals surface area contributed by atoms with E-state index < -0.39 is 28.9 Å². The molecule has 140 valence electrons. The Morgan fingerprint density at radius 1 is 1.30 bits per heavy atom. The maximum absolute atomic E-state index is 13.3. The lowest BCUT2D eigenvalue weighted by Crippen LogP contribution is -2.24. The highest BCUT2D eigenvalue weighted by Gasteiger charge is 2.22. The third-order valence-electron chi connectivity index (χ3n) is 3.99. The molecule has 1 saturated heterocycles. The summed E-state index contributed by atoms with van der Waals surface area (Å²) in [5.74, 6) is -1.58. The summed E-state index contributed by atoms with van der Waals surface area (Å²) in [5.41, 5.74) is 0.699. The number of hydrogen-bond acceptors (Lipinski definition) is 5. The average molecular weight is 373 g/mol. The van der Waals surface area contributed by atoms with Crippen molar-refractivity contribution >= 4 is 28.9 Å². The largest absolute Gasteiger partial charge is 0.477 e. The van der Waals surface area contributed by atoms with Gasteiger partial charge in [0.15, 0.2) is 6.61 Å². The fourth-order valence-electron chi connectivity index (χ4n) is 2.77. The summed E-state index contributed by atoms with van der Waals surface area (Å²) in [6.45, 7) is 0.0970. The highest BCUT2D eigenvalue weighted by atomic mass is 19.1. The van der Waals surface area contributed by atoms with Gasteiger partial charge in [-0.25, -0.2) is 4.39 Å². The molecule has 0 unspecified atom stereocenters. The van der Waals surface area contributed by atoms with Gasteiger partial charge in [0, 0.05) is 36.5 Å². The van der Waals surface area contributed by atoms with Crippen LogP contribution < -0.4 is 15.0 Å². The molecule has 1 aliphatic heterocycles. The zero-order valence-electron chi connectivity index (χ0n) is 14.2. The predicted molar refractivity (Wildman–Crippen MR) is 95.2 cm³/mol. The third-order valence-corrected chi connectivity index (χ3v) is 3.99. The standard InChI is InChI=1S/C18H16FN3O5/c19-12-6-7-15(22(25)26)16(9-12)27-11-17(23)20-13-3-1-4-14(10-13)21-8-2-5-18(21)24/h1,3-4,6-7,9-10H,2,5,8,11H2,(H,20,23). The molecule has 0 radical (unpaired) electrons. The van der Waals surface area contributed by atoms with Crippen LogP contribution in [0, 0.1) is 15.9 Å². The first-order valence-corrected chi connectivity index (χ1v) is 8.21. The number of nitrogens with one attached hydrogen (secondary N) is 1. The minimum absolute atomic E-state index is 0.0280. The Balaban J connectivity index is 1.64. The van der Waals surface area contributed by atoms with Gasteiger partial charge in [0.1, 0.15) is 5.82 Å². The number of nitro groups is 1. The van der Waals surface area contributed by atoms with E-state index in [2.05, 4.69) is 5.32 Å². The van der Waals surface area contributed by atoms with Crippen molar-refractivity contribution in [1.82, 2.24) is 0 Å².